The second-order valence-electron chi connectivity index (χ2n) is 2.32. The van der Waals surface area contributed by atoms with Gasteiger partial charge in [0.05, 0.1) is 21.2 Å². The summed E-state index contributed by atoms with van der Waals surface area (Å²) in [7, 11) is 0.396. The van der Waals surface area contributed by atoms with E-state index in [0.717, 1.165) is 7.11 Å². The summed E-state index contributed by atoms with van der Waals surface area (Å²) < 4.78 is 35.0. The molecule has 76 valence electrons. The molecule has 0 saturated carbocycles. The van der Waals surface area contributed by atoms with E-state index >= 15 is 0 Å². The van der Waals surface area contributed by atoms with Gasteiger partial charge in [-0.1, -0.05) is 0 Å². The van der Waals surface area contributed by atoms with E-state index in [1.807, 2.05) is 42.0 Å². The van der Waals surface area contributed by atoms with E-state index in [0.29, 0.717) is 0 Å². The Hall–Kier alpha value is -0.920. The Bertz CT molecular complexity index is 327. The molecule has 1 aromatic heterocycles. The van der Waals surface area contributed by atoms with Crippen molar-refractivity contribution in [3.8, 4) is 0 Å². The highest BCUT2D eigenvalue weighted by Crippen LogP contribution is 1.74. The molecular formula is C6H12N2O4S. The van der Waals surface area contributed by atoms with Gasteiger partial charge in [-0.3, -0.25) is 4.18 Å². The van der Waals surface area contributed by atoms with Crippen LogP contribution in [0.25, 0.3) is 0 Å². The van der Waals surface area contributed by atoms with Crippen LogP contribution in [-0.2, 0) is 28.7 Å². The van der Waals surface area contributed by atoms with E-state index in [1.54, 1.807) is 0 Å². The van der Waals surface area contributed by atoms with Crippen molar-refractivity contribution in [2.24, 2.45) is 14.1 Å². The van der Waals surface area contributed by atoms with Crippen molar-refractivity contribution in [2.45, 2.75) is 0 Å². The van der Waals surface area contributed by atoms with Crippen molar-refractivity contribution in [3.63, 3.8) is 0 Å². The van der Waals surface area contributed by atoms with Gasteiger partial charge in [-0.2, -0.15) is 0 Å². The summed E-state index contributed by atoms with van der Waals surface area (Å²) in [5.41, 5.74) is 0. The number of nitrogens with zero attached hydrogens (tertiary/aromatic N) is 2. The van der Waals surface area contributed by atoms with Crippen molar-refractivity contribution < 1.29 is 21.7 Å². The van der Waals surface area contributed by atoms with Gasteiger partial charge in [0.2, 0.25) is 16.7 Å². The molecule has 0 saturated heterocycles. The maximum Gasteiger partial charge on any atom is 0.243 e. The van der Waals surface area contributed by atoms with Crippen molar-refractivity contribution in [3.05, 3.63) is 18.7 Å². The summed E-state index contributed by atoms with van der Waals surface area (Å²) in [5, 5.41) is 0. The molecule has 0 unspecified atom stereocenters. The molecule has 0 amide bonds. The minimum Gasteiger partial charge on any atom is -0.726 e. The number of aromatic nitrogens is 2. The van der Waals surface area contributed by atoms with E-state index < -0.39 is 10.4 Å². The summed E-state index contributed by atoms with van der Waals surface area (Å²) in [6, 6.07) is 0. The third kappa shape index (κ3) is 7.44. The molecule has 0 spiro atoms. The highest BCUT2D eigenvalue weighted by atomic mass is 32.3. The SMILES string of the molecule is COS(=O)(=O)[O-].Cn1cc[n+](C)c1. The topological polar surface area (TPSA) is 75.2 Å². The summed E-state index contributed by atoms with van der Waals surface area (Å²) in [5.74, 6) is 0. The monoisotopic (exact) mass is 208 g/mol. The first-order valence-electron chi connectivity index (χ1n) is 3.34. The molecule has 1 heterocycles. The summed E-state index contributed by atoms with van der Waals surface area (Å²) >= 11 is 0. The van der Waals surface area contributed by atoms with Crippen molar-refractivity contribution in [2.75, 3.05) is 7.11 Å². The molecule has 0 radical (unpaired) electrons. The van der Waals surface area contributed by atoms with Gasteiger partial charge in [-0.25, -0.2) is 17.6 Å². The van der Waals surface area contributed by atoms with Crippen LogP contribution in [0.1, 0.15) is 0 Å². The average Bonchev–Trinajstić information content (AvgIpc) is 2.34. The lowest BCUT2D eigenvalue weighted by molar-refractivity contribution is -0.670. The average molecular weight is 208 g/mol. The van der Waals surface area contributed by atoms with Gasteiger partial charge in [0.1, 0.15) is 12.4 Å². The number of hydrogen-bond acceptors (Lipinski definition) is 4. The lowest BCUT2D eigenvalue weighted by Crippen LogP contribution is -2.23. The second kappa shape index (κ2) is 4.95. The Labute approximate surface area is 77.3 Å². The van der Waals surface area contributed by atoms with Gasteiger partial charge in [-0.05, 0) is 0 Å². The van der Waals surface area contributed by atoms with Crippen molar-refractivity contribution in [1.82, 2.24) is 4.57 Å². The molecule has 0 fully saturated rings. The molecule has 0 aliphatic carbocycles. The predicted octanol–water partition coefficient (Wildman–Crippen LogP) is -1.06. The maximum atomic E-state index is 9.22. The second-order valence-corrected chi connectivity index (χ2v) is 3.47. The van der Waals surface area contributed by atoms with Gasteiger partial charge in [0, 0.05) is 0 Å². The predicted molar refractivity (Wildman–Crippen MR) is 43.3 cm³/mol. The first kappa shape index (κ1) is 12.1. The molecule has 1 aromatic rings. The standard InChI is InChI=1S/C5H9N2.CH4O4S/c1-6-3-4-7(2)5-6;1-5-6(2,3)4/h3-5H,1-2H3;1H3,(H,2,3,4)/q+1;/p-1. The smallest absolute Gasteiger partial charge is 0.243 e. The summed E-state index contributed by atoms with van der Waals surface area (Å²) in [4.78, 5) is 0. The first-order valence-corrected chi connectivity index (χ1v) is 4.67. The molecule has 6 nitrogen and oxygen atoms in total. The molecule has 0 bridgehead atoms. The van der Waals surface area contributed by atoms with Gasteiger partial charge < -0.3 is 4.55 Å². The Kier molecular flexibility index (Phi) is 4.60. The lowest BCUT2D eigenvalue weighted by Gasteiger charge is -1.98. The summed E-state index contributed by atoms with van der Waals surface area (Å²) in [6.07, 6.45) is 6.00. The van der Waals surface area contributed by atoms with E-state index in [9.17, 15) is 13.0 Å². The van der Waals surface area contributed by atoms with Crippen LogP contribution in [0.2, 0.25) is 0 Å². The fourth-order valence-corrected chi connectivity index (χ4v) is 0.575. The largest absolute Gasteiger partial charge is 0.726 e. The zero-order valence-electron chi connectivity index (χ0n) is 7.67. The minimum absolute atomic E-state index is 0.808. The Morgan fingerprint density at radius 2 is 2.00 bits per heavy atom. The Balaban J connectivity index is 0.000000226. The number of imidazole rings is 1. The highest BCUT2D eigenvalue weighted by molar-refractivity contribution is 7.80. The maximum absolute atomic E-state index is 9.22. The summed E-state index contributed by atoms with van der Waals surface area (Å²) in [6.45, 7) is 0. The zero-order chi connectivity index (χ0) is 10.5. The first-order chi connectivity index (χ1) is 5.85. The van der Waals surface area contributed by atoms with Gasteiger partial charge in [0.25, 0.3) is 0 Å². The number of hydrogen-bond donors (Lipinski definition) is 0. The van der Waals surface area contributed by atoms with E-state index in [1.165, 1.54) is 0 Å². The molecule has 0 aliphatic rings. The molecule has 7 heteroatoms. The fourth-order valence-electron chi connectivity index (χ4n) is 0.575. The van der Waals surface area contributed by atoms with Gasteiger partial charge >= 0.3 is 0 Å². The molecule has 0 aromatic carbocycles. The van der Waals surface area contributed by atoms with Crippen LogP contribution in [0.15, 0.2) is 18.7 Å². The van der Waals surface area contributed by atoms with Crippen LogP contribution in [0.4, 0.5) is 0 Å². The molecule has 13 heavy (non-hydrogen) atoms. The number of aryl methyl sites for hydroxylation is 2. The highest BCUT2D eigenvalue weighted by Gasteiger charge is 1.87. The minimum atomic E-state index is -4.41. The van der Waals surface area contributed by atoms with Crippen LogP contribution in [0.5, 0.6) is 0 Å². The van der Waals surface area contributed by atoms with Gasteiger partial charge in [-0.15, -0.1) is 0 Å². The van der Waals surface area contributed by atoms with Crippen LogP contribution < -0.4 is 4.57 Å². The third-order valence-electron chi connectivity index (χ3n) is 1.11. The number of rotatable bonds is 1. The van der Waals surface area contributed by atoms with Gasteiger partial charge in [0.15, 0.2) is 0 Å². The van der Waals surface area contributed by atoms with Crippen molar-refractivity contribution in [1.29, 1.82) is 0 Å². The molecule has 0 atom stereocenters. The van der Waals surface area contributed by atoms with Crippen LogP contribution in [0.3, 0.4) is 0 Å². The van der Waals surface area contributed by atoms with Crippen LogP contribution in [-0.4, -0.2) is 24.6 Å². The molecular weight excluding hydrogens is 196 g/mol. The Morgan fingerprint density at radius 1 is 1.54 bits per heavy atom. The quantitative estimate of drug-likeness (QED) is 0.335. The van der Waals surface area contributed by atoms with E-state index in [2.05, 4.69) is 4.18 Å². The van der Waals surface area contributed by atoms with Crippen LogP contribution in [0, 0.1) is 0 Å². The normalized spacial score (nSPS) is 10.5. The van der Waals surface area contributed by atoms with E-state index in [4.69, 9.17) is 0 Å². The van der Waals surface area contributed by atoms with Crippen LogP contribution >= 0.6 is 0 Å². The third-order valence-corrected chi connectivity index (χ3v) is 1.51. The molecule has 0 aliphatic heterocycles. The fraction of sp³-hybridized carbons (Fsp3) is 0.500. The van der Waals surface area contributed by atoms with E-state index in [-0.39, 0.29) is 0 Å². The Morgan fingerprint density at radius 3 is 2.08 bits per heavy atom. The molecule has 1 rings (SSSR count). The zero-order valence-corrected chi connectivity index (χ0v) is 8.48. The van der Waals surface area contributed by atoms with Crippen molar-refractivity contribution >= 4 is 10.4 Å². The lowest BCUT2D eigenvalue weighted by atomic mass is 10.9. The molecule has 0 N–H and O–H groups in total.